The highest BCUT2D eigenvalue weighted by Crippen LogP contribution is 2.11. The number of hydrogen-bond acceptors (Lipinski definition) is 4. The first-order valence-corrected chi connectivity index (χ1v) is 4.73. The number of amides is 1. The van der Waals surface area contributed by atoms with E-state index < -0.39 is 11.6 Å². The molecule has 5 heteroatoms. The summed E-state index contributed by atoms with van der Waals surface area (Å²) in [5.74, 6) is -0.100. The number of carbonyl (C=O) groups excluding carboxylic acids is 1. The van der Waals surface area contributed by atoms with Gasteiger partial charge in [0.2, 0.25) is 5.91 Å². The fraction of sp³-hybridized carbons (Fsp3) is 0.889. The highest BCUT2D eigenvalue weighted by molar-refractivity contribution is 5.85. The van der Waals surface area contributed by atoms with Crippen molar-refractivity contribution in [2.75, 3.05) is 20.3 Å². The second-order valence-corrected chi connectivity index (χ2v) is 4.06. The molecule has 1 rings (SSSR count). The van der Waals surface area contributed by atoms with Crippen LogP contribution in [0.5, 0.6) is 0 Å². The van der Waals surface area contributed by atoms with Gasteiger partial charge in [0.25, 0.3) is 0 Å². The van der Waals surface area contributed by atoms with E-state index in [1.807, 2.05) is 0 Å². The van der Waals surface area contributed by atoms with Gasteiger partial charge in [-0.2, -0.15) is 0 Å². The third kappa shape index (κ3) is 2.43. The zero-order valence-electron chi connectivity index (χ0n) is 8.83. The molecule has 1 heterocycles. The van der Waals surface area contributed by atoms with Gasteiger partial charge in [0.05, 0.1) is 30.9 Å². The van der Waals surface area contributed by atoms with E-state index in [2.05, 4.69) is 10.6 Å². The van der Waals surface area contributed by atoms with Crippen LogP contribution in [-0.4, -0.2) is 49.0 Å². The molecular formula is C9H18N2O3. The molecule has 1 fully saturated rings. The first-order chi connectivity index (χ1) is 6.47. The van der Waals surface area contributed by atoms with E-state index in [9.17, 15) is 9.90 Å². The fourth-order valence-corrected chi connectivity index (χ4v) is 1.52. The van der Waals surface area contributed by atoms with E-state index in [0.29, 0.717) is 13.2 Å². The number of carbonyl (C=O) groups is 1. The first kappa shape index (κ1) is 11.4. The summed E-state index contributed by atoms with van der Waals surface area (Å²) in [5, 5.41) is 15.1. The van der Waals surface area contributed by atoms with Crippen molar-refractivity contribution in [1.82, 2.24) is 10.6 Å². The predicted octanol–water partition coefficient (Wildman–Crippen LogP) is -1.14. The monoisotopic (exact) mass is 202 g/mol. The summed E-state index contributed by atoms with van der Waals surface area (Å²) >= 11 is 0. The maximum absolute atomic E-state index is 11.4. The van der Waals surface area contributed by atoms with Crippen LogP contribution in [0.25, 0.3) is 0 Å². The summed E-state index contributed by atoms with van der Waals surface area (Å²) in [5.41, 5.74) is -0.686. The average Bonchev–Trinajstić information content (AvgIpc) is 2.50. The Labute approximate surface area is 83.8 Å². The Kier molecular flexibility index (Phi) is 3.47. The van der Waals surface area contributed by atoms with Crippen LogP contribution < -0.4 is 10.6 Å². The van der Waals surface area contributed by atoms with Gasteiger partial charge in [0.1, 0.15) is 0 Å². The van der Waals surface area contributed by atoms with Gasteiger partial charge in [-0.1, -0.05) is 0 Å². The van der Waals surface area contributed by atoms with Gasteiger partial charge in [-0.25, -0.2) is 0 Å². The van der Waals surface area contributed by atoms with Crippen molar-refractivity contribution in [3.63, 3.8) is 0 Å². The van der Waals surface area contributed by atoms with Crippen LogP contribution in [0.1, 0.15) is 13.8 Å². The van der Waals surface area contributed by atoms with Crippen molar-refractivity contribution in [1.29, 1.82) is 0 Å². The van der Waals surface area contributed by atoms with E-state index in [-0.39, 0.29) is 11.9 Å². The van der Waals surface area contributed by atoms with Crippen molar-refractivity contribution in [2.24, 2.45) is 0 Å². The van der Waals surface area contributed by atoms with Gasteiger partial charge in [0, 0.05) is 7.05 Å². The lowest BCUT2D eigenvalue weighted by Crippen LogP contribution is -2.58. The molecule has 0 spiro atoms. The number of likely N-dealkylation sites (N-methyl/N-ethyl adjacent to an activating group) is 1. The Morgan fingerprint density at radius 1 is 1.50 bits per heavy atom. The van der Waals surface area contributed by atoms with E-state index in [1.165, 1.54) is 0 Å². The number of ether oxygens (including phenoxy) is 1. The van der Waals surface area contributed by atoms with Crippen molar-refractivity contribution >= 4 is 5.91 Å². The molecule has 1 amide bonds. The Morgan fingerprint density at radius 2 is 2.14 bits per heavy atom. The molecule has 1 saturated heterocycles. The first-order valence-electron chi connectivity index (χ1n) is 4.73. The molecule has 0 aliphatic carbocycles. The molecule has 0 saturated carbocycles. The Balaban J connectivity index is 2.53. The highest BCUT2D eigenvalue weighted by Gasteiger charge is 2.34. The summed E-state index contributed by atoms with van der Waals surface area (Å²) in [4.78, 5) is 11.4. The maximum Gasteiger partial charge on any atom is 0.239 e. The molecule has 0 unspecified atom stereocenters. The zero-order valence-corrected chi connectivity index (χ0v) is 8.83. The van der Waals surface area contributed by atoms with Gasteiger partial charge < -0.3 is 15.2 Å². The van der Waals surface area contributed by atoms with E-state index >= 15 is 0 Å². The fourth-order valence-electron chi connectivity index (χ4n) is 1.52. The van der Waals surface area contributed by atoms with Crippen molar-refractivity contribution < 1.29 is 14.6 Å². The molecule has 2 atom stereocenters. The van der Waals surface area contributed by atoms with Gasteiger partial charge in [-0.3, -0.25) is 10.1 Å². The maximum atomic E-state index is 11.4. The Hall–Kier alpha value is -0.650. The molecule has 0 aromatic heterocycles. The summed E-state index contributed by atoms with van der Waals surface area (Å²) in [6.45, 7) is 4.33. The Bertz CT molecular complexity index is 218. The van der Waals surface area contributed by atoms with Crippen LogP contribution in [0, 0.1) is 0 Å². The lowest BCUT2D eigenvalue weighted by molar-refractivity contribution is -0.126. The normalized spacial score (nSPS) is 27.7. The van der Waals surface area contributed by atoms with Gasteiger partial charge >= 0.3 is 0 Å². The van der Waals surface area contributed by atoms with Crippen molar-refractivity contribution in [2.45, 2.75) is 31.5 Å². The van der Waals surface area contributed by atoms with E-state index in [4.69, 9.17) is 4.74 Å². The SMILES string of the molecule is CNC(=O)C(C)(C)N[C@@H]1COC[C@H]1O. The second kappa shape index (κ2) is 4.25. The summed E-state index contributed by atoms with van der Waals surface area (Å²) < 4.78 is 5.08. The molecule has 0 radical (unpaired) electrons. The summed E-state index contributed by atoms with van der Waals surface area (Å²) in [6.07, 6.45) is -0.529. The lowest BCUT2D eigenvalue weighted by Gasteiger charge is -2.28. The smallest absolute Gasteiger partial charge is 0.239 e. The molecule has 14 heavy (non-hydrogen) atoms. The number of aliphatic hydroxyl groups is 1. The number of rotatable bonds is 3. The molecule has 0 aromatic carbocycles. The van der Waals surface area contributed by atoms with Gasteiger partial charge in [0.15, 0.2) is 0 Å². The molecule has 3 N–H and O–H groups in total. The molecule has 1 aliphatic rings. The quantitative estimate of drug-likeness (QED) is 0.541. The number of nitrogens with one attached hydrogen (secondary N) is 2. The topological polar surface area (TPSA) is 70.6 Å². The lowest BCUT2D eigenvalue weighted by atomic mass is 10.0. The molecule has 0 bridgehead atoms. The molecule has 0 aromatic rings. The largest absolute Gasteiger partial charge is 0.389 e. The van der Waals surface area contributed by atoms with E-state index in [0.717, 1.165) is 0 Å². The third-order valence-electron chi connectivity index (χ3n) is 2.39. The van der Waals surface area contributed by atoms with Crippen LogP contribution >= 0.6 is 0 Å². The minimum Gasteiger partial charge on any atom is -0.389 e. The van der Waals surface area contributed by atoms with E-state index in [1.54, 1.807) is 20.9 Å². The second-order valence-electron chi connectivity index (χ2n) is 4.06. The molecular weight excluding hydrogens is 184 g/mol. The standard InChI is InChI=1S/C9H18N2O3/c1-9(2,8(13)10-3)11-6-4-14-5-7(6)12/h6-7,11-12H,4-5H2,1-3H3,(H,10,13)/t6-,7-/m1/s1. The minimum absolute atomic E-state index is 0.100. The van der Waals surface area contributed by atoms with Gasteiger partial charge in [-0.05, 0) is 13.8 Å². The average molecular weight is 202 g/mol. The predicted molar refractivity (Wildman–Crippen MR) is 51.9 cm³/mol. The van der Waals surface area contributed by atoms with Crippen LogP contribution in [0.15, 0.2) is 0 Å². The molecule has 5 nitrogen and oxygen atoms in total. The Morgan fingerprint density at radius 3 is 2.57 bits per heavy atom. The van der Waals surface area contributed by atoms with Crippen molar-refractivity contribution in [3.8, 4) is 0 Å². The van der Waals surface area contributed by atoms with Crippen molar-refractivity contribution in [3.05, 3.63) is 0 Å². The van der Waals surface area contributed by atoms with Gasteiger partial charge in [-0.15, -0.1) is 0 Å². The molecule has 1 aliphatic heterocycles. The summed E-state index contributed by atoms with van der Waals surface area (Å²) in [6, 6.07) is -0.165. The zero-order chi connectivity index (χ0) is 10.8. The third-order valence-corrected chi connectivity index (χ3v) is 2.39. The highest BCUT2D eigenvalue weighted by atomic mass is 16.5. The van der Waals surface area contributed by atoms with Crippen LogP contribution in [0.4, 0.5) is 0 Å². The number of aliphatic hydroxyl groups excluding tert-OH is 1. The molecule has 82 valence electrons. The number of hydrogen-bond donors (Lipinski definition) is 3. The van der Waals surface area contributed by atoms with Crippen LogP contribution in [0.2, 0.25) is 0 Å². The summed E-state index contributed by atoms with van der Waals surface area (Å²) in [7, 11) is 1.59. The van der Waals surface area contributed by atoms with Crippen LogP contribution in [0.3, 0.4) is 0 Å². The minimum atomic E-state index is -0.686. The van der Waals surface area contributed by atoms with Crippen LogP contribution in [-0.2, 0) is 9.53 Å².